The van der Waals surface area contributed by atoms with E-state index in [9.17, 15) is 14.4 Å². The Bertz CT molecular complexity index is 871. The summed E-state index contributed by atoms with van der Waals surface area (Å²) >= 11 is 0. The maximum Gasteiger partial charge on any atom is 0.242 e. The highest BCUT2D eigenvalue weighted by atomic mass is 16.2. The first kappa shape index (κ1) is 22.5. The third-order valence-corrected chi connectivity index (χ3v) is 6.90. The Balaban J connectivity index is 1.48. The van der Waals surface area contributed by atoms with Crippen LogP contribution in [0.1, 0.15) is 68.4 Å². The summed E-state index contributed by atoms with van der Waals surface area (Å²) in [5.74, 6) is 1.85. The normalized spacial score (nSPS) is 21.8. The summed E-state index contributed by atoms with van der Waals surface area (Å²) in [6.07, 6.45) is 6.06. The van der Waals surface area contributed by atoms with Crippen molar-refractivity contribution >= 4 is 23.5 Å². The van der Waals surface area contributed by atoms with Crippen molar-refractivity contribution in [1.29, 1.82) is 0 Å². The first-order valence-electron chi connectivity index (χ1n) is 11.8. The Morgan fingerprint density at radius 1 is 1.03 bits per heavy atom. The summed E-state index contributed by atoms with van der Waals surface area (Å²) in [5, 5.41) is 3.19. The number of aromatic nitrogens is 2. The van der Waals surface area contributed by atoms with Crippen LogP contribution in [-0.2, 0) is 27.3 Å². The summed E-state index contributed by atoms with van der Waals surface area (Å²) in [6, 6.07) is 0. The summed E-state index contributed by atoms with van der Waals surface area (Å²) in [4.78, 5) is 52.2. The molecule has 1 unspecified atom stereocenters. The molecule has 1 aromatic heterocycles. The highest BCUT2D eigenvalue weighted by molar-refractivity contribution is 5.85. The third kappa shape index (κ3) is 4.86. The Kier molecular flexibility index (Phi) is 6.91. The lowest BCUT2D eigenvalue weighted by atomic mass is 9.96. The predicted molar refractivity (Wildman–Crippen MR) is 120 cm³/mol. The van der Waals surface area contributed by atoms with Gasteiger partial charge in [0, 0.05) is 64.5 Å². The molecular weight excluding hydrogens is 408 g/mol. The van der Waals surface area contributed by atoms with Gasteiger partial charge in [0.15, 0.2) is 0 Å². The molecule has 3 amide bonds. The van der Waals surface area contributed by atoms with Gasteiger partial charge in [0.25, 0.3) is 0 Å². The average Bonchev–Trinajstić information content (AvgIpc) is 3.01. The Morgan fingerprint density at radius 3 is 2.66 bits per heavy atom. The standard InChI is InChI=1S/C23H34N6O3/c1-16(30)27-11-6-7-17(13-27)22-25-19-9-12-29(14-18(19)23(24-2)26-22)21(32)15-28-10-5-3-4-8-20(28)31/h17H,3-15H2,1-2H3,(H,24,25,26). The van der Waals surface area contributed by atoms with E-state index < -0.39 is 0 Å². The minimum Gasteiger partial charge on any atom is -0.373 e. The van der Waals surface area contributed by atoms with Gasteiger partial charge < -0.3 is 20.0 Å². The predicted octanol–water partition coefficient (Wildman–Crippen LogP) is 1.53. The van der Waals surface area contributed by atoms with Crippen LogP contribution in [0, 0.1) is 0 Å². The zero-order valence-corrected chi connectivity index (χ0v) is 19.2. The number of carbonyl (C=O) groups excluding carboxylic acids is 3. The van der Waals surface area contributed by atoms with Crippen molar-refractivity contribution in [2.75, 3.05) is 45.1 Å². The van der Waals surface area contributed by atoms with Gasteiger partial charge in [-0.2, -0.15) is 0 Å². The molecule has 174 valence electrons. The molecule has 2 fully saturated rings. The Morgan fingerprint density at radius 2 is 1.88 bits per heavy atom. The third-order valence-electron chi connectivity index (χ3n) is 6.90. The number of likely N-dealkylation sites (tertiary alicyclic amines) is 2. The van der Waals surface area contributed by atoms with E-state index >= 15 is 0 Å². The molecule has 0 radical (unpaired) electrons. The van der Waals surface area contributed by atoms with Crippen LogP contribution < -0.4 is 5.32 Å². The topological polar surface area (TPSA) is 98.7 Å². The van der Waals surface area contributed by atoms with E-state index in [0.717, 1.165) is 61.5 Å². The molecule has 1 aromatic rings. The number of fused-ring (bicyclic) bond motifs is 1. The molecule has 9 heteroatoms. The number of carbonyl (C=O) groups is 3. The van der Waals surface area contributed by atoms with Gasteiger partial charge in [-0.1, -0.05) is 6.42 Å². The van der Waals surface area contributed by atoms with Crippen LogP contribution in [0.2, 0.25) is 0 Å². The van der Waals surface area contributed by atoms with Crippen molar-refractivity contribution in [3.8, 4) is 0 Å². The lowest BCUT2D eigenvalue weighted by molar-refractivity contribution is -0.140. The van der Waals surface area contributed by atoms with Gasteiger partial charge in [0.1, 0.15) is 11.6 Å². The second-order valence-corrected chi connectivity index (χ2v) is 9.10. The van der Waals surface area contributed by atoms with Gasteiger partial charge in [-0.05, 0) is 25.7 Å². The molecule has 0 aliphatic carbocycles. The molecule has 4 heterocycles. The number of rotatable bonds is 4. The van der Waals surface area contributed by atoms with Crippen molar-refractivity contribution in [2.24, 2.45) is 0 Å². The molecule has 0 spiro atoms. The molecule has 0 saturated carbocycles. The van der Waals surface area contributed by atoms with E-state index in [1.54, 1.807) is 11.8 Å². The van der Waals surface area contributed by atoms with E-state index in [1.807, 2.05) is 16.8 Å². The zero-order chi connectivity index (χ0) is 22.7. The molecule has 0 aromatic carbocycles. The van der Waals surface area contributed by atoms with Crippen LogP contribution in [0.15, 0.2) is 0 Å². The quantitative estimate of drug-likeness (QED) is 0.759. The number of nitrogens with zero attached hydrogens (tertiary/aromatic N) is 5. The van der Waals surface area contributed by atoms with Crippen LogP contribution in [-0.4, -0.2) is 82.2 Å². The zero-order valence-electron chi connectivity index (χ0n) is 19.2. The van der Waals surface area contributed by atoms with Gasteiger partial charge in [0.05, 0.1) is 18.8 Å². The fourth-order valence-corrected chi connectivity index (χ4v) is 4.98. The molecule has 1 N–H and O–H groups in total. The smallest absolute Gasteiger partial charge is 0.242 e. The molecule has 0 bridgehead atoms. The van der Waals surface area contributed by atoms with E-state index in [-0.39, 0.29) is 30.2 Å². The van der Waals surface area contributed by atoms with Crippen molar-refractivity contribution in [1.82, 2.24) is 24.7 Å². The number of anilines is 1. The fraction of sp³-hybridized carbons (Fsp3) is 0.696. The fourth-order valence-electron chi connectivity index (χ4n) is 4.98. The largest absolute Gasteiger partial charge is 0.373 e. The highest BCUT2D eigenvalue weighted by Gasteiger charge is 2.30. The number of nitrogens with one attached hydrogen (secondary N) is 1. The molecule has 9 nitrogen and oxygen atoms in total. The number of piperidine rings is 1. The molecule has 3 aliphatic rings. The summed E-state index contributed by atoms with van der Waals surface area (Å²) in [5.41, 5.74) is 1.94. The van der Waals surface area contributed by atoms with Gasteiger partial charge in [-0.25, -0.2) is 9.97 Å². The minimum atomic E-state index is -0.0126. The second kappa shape index (κ2) is 9.83. The van der Waals surface area contributed by atoms with Crippen molar-refractivity contribution in [3.63, 3.8) is 0 Å². The van der Waals surface area contributed by atoms with Crippen molar-refractivity contribution in [3.05, 3.63) is 17.1 Å². The highest BCUT2D eigenvalue weighted by Crippen LogP contribution is 2.30. The molecular formula is C23H34N6O3. The van der Waals surface area contributed by atoms with Gasteiger partial charge in [-0.15, -0.1) is 0 Å². The summed E-state index contributed by atoms with van der Waals surface area (Å²) in [6.45, 7) is 4.94. The van der Waals surface area contributed by atoms with Gasteiger partial charge in [-0.3, -0.25) is 14.4 Å². The second-order valence-electron chi connectivity index (χ2n) is 9.10. The first-order valence-corrected chi connectivity index (χ1v) is 11.8. The van der Waals surface area contributed by atoms with Crippen LogP contribution in [0.4, 0.5) is 5.82 Å². The lowest BCUT2D eigenvalue weighted by Gasteiger charge is -2.34. The molecule has 1 atom stereocenters. The van der Waals surface area contributed by atoms with E-state index in [4.69, 9.17) is 9.97 Å². The molecule has 2 saturated heterocycles. The van der Waals surface area contributed by atoms with Crippen LogP contribution in [0.25, 0.3) is 0 Å². The summed E-state index contributed by atoms with van der Waals surface area (Å²) in [7, 11) is 1.84. The van der Waals surface area contributed by atoms with Crippen LogP contribution >= 0.6 is 0 Å². The van der Waals surface area contributed by atoms with Crippen molar-refractivity contribution < 1.29 is 14.4 Å². The van der Waals surface area contributed by atoms with E-state index in [0.29, 0.717) is 39.0 Å². The number of hydrogen-bond donors (Lipinski definition) is 1. The number of hydrogen-bond acceptors (Lipinski definition) is 6. The minimum absolute atomic E-state index is 0.0126. The Labute approximate surface area is 189 Å². The van der Waals surface area contributed by atoms with Crippen LogP contribution in [0.3, 0.4) is 0 Å². The lowest BCUT2D eigenvalue weighted by Crippen LogP contribution is -2.45. The maximum atomic E-state index is 13.0. The molecule has 4 rings (SSSR count). The summed E-state index contributed by atoms with van der Waals surface area (Å²) < 4.78 is 0. The SMILES string of the molecule is CNc1nc(C2CCCN(C(C)=O)C2)nc2c1CN(C(=O)CN1CCCCCC1=O)CC2. The number of amides is 3. The van der Waals surface area contributed by atoms with Crippen molar-refractivity contribution in [2.45, 2.75) is 64.3 Å². The first-order chi connectivity index (χ1) is 15.5. The molecule has 3 aliphatic heterocycles. The average molecular weight is 443 g/mol. The van der Waals surface area contributed by atoms with Gasteiger partial charge >= 0.3 is 0 Å². The van der Waals surface area contributed by atoms with Crippen LogP contribution in [0.5, 0.6) is 0 Å². The monoisotopic (exact) mass is 442 g/mol. The van der Waals surface area contributed by atoms with Gasteiger partial charge in [0.2, 0.25) is 17.7 Å². The van der Waals surface area contributed by atoms with E-state index in [2.05, 4.69) is 5.32 Å². The maximum absolute atomic E-state index is 13.0. The molecule has 32 heavy (non-hydrogen) atoms. The van der Waals surface area contributed by atoms with E-state index in [1.165, 1.54) is 0 Å². The Hall–Kier alpha value is -2.71.